The lowest BCUT2D eigenvalue weighted by molar-refractivity contribution is -0.148. The molecule has 8 heteroatoms. The molecule has 4 rings (SSSR count). The molecule has 2 aromatic carbocycles. The molecular weight excluding hydrogens is 376 g/mol. The first-order valence-corrected chi connectivity index (χ1v) is 9.04. The Morgan fingerprint density at radius 3 is 1.62 bits per heavy atom. The van der Waals surface area contributed by atoms with Crippen LogP contribution in [0.25, 0.3) is 0 Å². The van der Waals surface area contributed by atoms with E-state index in [2.05, 4.69) is 0 Å². The van der Waals surface area contributed by atoms with Gasteiger partial charge in [0, 0.05) is 0 Å². The predicted octanol–water partition coefficient (Wildman–Crippen LogP) is 1.51. The monoisotopic (exact) mass is 392 g/mol. The molecule has 0 saturated heterocycles. The number of rotatable bonds is 5. The zero-order valence-electron chi connectivity index (χ0n) is 15.5. The Labute approximate surface area is 165 Å². The number of hydrogen-bond donors (Lipinski definition) is 0. The van der Waals surface area contributed by atoms with Crippen LogP contribution in [0.5, 0.6) is 0 Å². The second-order valence-electron chi connectivity index (χ2n) is 6.56. The number of carbonyl (C=O) groups excluding carboxylic acids is 5. The summed E-state index contributed by atoms with van der Waals surface area (Å²) in [6.45, 7) is 1.12. The van der Waals surface area contributed by atoms with Crippen molar-refractivity contribution in [2.45, 2.75) is 13.0 Å². The van der Waals surface area contributed by atoms with Crippen molar-refractivity contribution in [3.05, 3.63) is 70.8 Å². The van der Waals surface area contributed by atoms with Gasteiger partial charge in [-0.25, -0.2) is 4.79 Å². The van der Waals surface area contributed by atoms with Gasteiger partial charge in [0.25, 0.3) is 23.6 Å². The summed E-state index contributed by atoms with van der Waals surface area (Å²) in [5, 5.41) is 0. The Balaban J connectivity index is 1.69. The maximum atomic E-state index is 12.8. The minimum atomic E-state index is -1.44. The molecule has 8 nitrogen and oxygen atoms in total. The van der Waals surface area contributed by atoms with Crippen molar-refractivity contribution in [1.29, 1.82) is 0 Å². The molecule has 0 aromatic heterocycles. The van der Waals surface area contributed by atoms with E-state index in [1.54, 1.807) is 31.2 Å². The van der Waals surface area contributed by atoms with E-state index in [0.717, 1.165) is 9.80 Å². The van der Waals surface area contributed by atoms with Crippen molar-refractivity contribution in [3.8, 4) is 0 Å². The van der Waals surface area contributed by atoms with E-state index in [0.29, 0.717) is 0 Å². The number of imide groups is 2. The summed E-state index contributed by atoms with van der Waals surface area (Å²) in [4.78, 5) is 65.3. The second kappa shape index (κ2) is 6.97. The van der Waals surface area contributed by atoms with Gasteiger partial charge in [-0.15, -0.1) is 0 Å². The Morgan fingerprint density at radius 1 is 0.793 bits per heavy atom. The van der Waals surface area contributed by atoms with Gasteiger partial charge in [0.15, 0.2) is 6.04 Å². The van der Waals surface area contributed by atoms with Crippen LogP contribution in [0, 0.1) is 0 Å². The molecule has 4 amide bonds. The van der Waals surface area contributed by atoms with Crippen LogP contribution in [-0.4, -0.2) is 58.6 Å². The zero-order valence-corrected chi connectivity index (χ0v) is 15.5. The summed E-state index contributed by atoms with van der Waals surface area (Å²) in [5.41, 5.74) is 0.744. The van der Waals surface area contributed by atoms with Crippen LogP contribution in [0.4, 0.5) is 0 Å². The third kappa shape index (κ3) is 2.80. The first-order chi connectivity index (χ1) is 14.0. The Hall–Kier alpha value is -3.81. The molecule has 2 aromatic rings. The fourth-order valence-electron chi connectivity index (χ4n) is 3.57. The number of hydrogen-bond acceptors (Lipinski definition) is 6. The van der Waals surface area contributed by atoms with Crippen LogP contribution in [0.2, 0.25) is 0 Å². The van der Waals surface area contributed by atoms with Gasteiger partial charge in [0.05, 0.1) is 35.4 Å². The van der Waals surface area contributed by atoms with Gasteiger partial charge in [-0.1, -0.05) is 24.3 Å². The highest BCUT2D eigenvalue weighted by Crippen LogP contribution is 2.28. The molecule has 29 heavy (non-hydrogen) atoms. The largest absolute Gasteiger partial charge is 0.464 e. The SMILES string of the molecule is CCOC(=O)C(CN1C(=O)c2ccccc2C1=O)N1C(=O)c2ccccc2C1=O. The summed E-state index contributed by atoms with van der Waals surface area (Å²) in [6.07, 6.45) is 0. The van der Waals surface area contributed by atoms with Crippen molar-refractivity contribution in [2.24, 2.45) is 0 Å². The molecule has 0 radical (unpaired) electrons. The van der Waals surface area contributed by atoms with Crippen molar-refractivity contribution < 1.29 is 28.7 Å². The normalized spacial score (nSPS) is 16.2. The molecular formula is C21H16N2O6. The van der Waals surface area contributed by atoms with Crippen molar-refractivity contribution in [1.82, 2.24) is 9.80 Å². The molecule has 1 unspecified atom stereocenters. The van der Waals surface area contributed by atoms with E-state index in [-0.39, 0.29) is 28.9 Å². The van der Waals surface area contributed by atoms with E-state index in [4.69, 9.17) is 4.74 Å². The molecule has 146 valence electrons. The van der Waals surface area contributed by atoms with Crippen molar-refractivity contribution >= 4 is 29.6 Å². The molecule has 0 bridgehead atoms. The summed E-state index contributed by atoms with van der Waals surface area (Å²) in [5.74, 6) is -3.37. The molecule has 2 aliphatic rings. The number of ether oxygens (including phenoxy) is 1. The van der Waals surface area contributed by atoms with Crippen LogP contribution < -0.4 is 0 Å². The summed E-state index contributed by atoms with van der Waals surface area (Å²) >= 11 is 0. The van der Waals surface area contributed by atoms with Gasteiger partial charge in [-0.05, 0) is 31.2 Å². The topological polar surface area (TPSA) is 101 Å². The highest BCUT2D eigenvalue weighted by atomic mass is 16.5. The van der Waals surface area contributed by atoms with Crippen LogP contribution >= 0.6 is 0 Å². The van der Waals surface area contributed by atoms with Gasteiger partial charge >= 0.3 is 5.97 Å². The fourth-order valence-corrected chi connectivity index (χ4v) is 3.57. The maximum Gasteiger partial charge on any atom is 0.331 e. The number of amides is 4. The third-order valence-corrected chi connectivity index (χ3v) is 4.93. The zero-order chi connectivity index (χ0) is 20.7. The number of esters is 1. The Morgan fingerprint density at radius 2 is 1.21 bits per heavy atom. The smallest absolute Gasteiger partial charge is 0.331 e. The van der Waals surface area contributed by atoms with E-state index < -0.39 is 42.2 Å². The summed E-state index contributed by atoms with van der Waals surface area (Å²) < 4.78 is 5.04. The predicted molar refractivity (Wildman–Crippen MR) is 99.2 cm³/mol. The fraction of sp³-hybridized carbons (Fsp3) is 0.190. The van der Waals surface area contributed by atoms with Crippen LogP contribution in [-0.2, 0) is 9.53 Å². The standard InChI is InChI=1S/C21H16N2O6/c1-2-29-21(28)16(23-19(26)14-9-5-6-10-15(14)20(23)27)11-22-17(24)12-7-3-4-8-13(12)18(22)25/h3-10,16H,2,11H2,1H3. The number of fused-ring (bicyclic) bond motifs is 2. The van der Waals surface area contributed by atoms with E-state index in [1.165, 1.54) is 24.3 Å². The molecule has 0 fully saturated rings. The highest BCUT2D eigenvalue weighted by Gasteiger charge is 2.46. The first-order valence-electron chi connectivity index (χ1n) is 9.04. The van der Waals surface area contributed by atoms with E-state index in [1.807, 2.05) is 0 Å². The van der Waals surface area contributed by atoms with Gasteiger partial charge in [-0.3, -0.25) is 29.0 Å². The highest BCUT2D eigenvalue weighted by molar-refractivity contribution is 6.24. The maximum absolute atomic E-state index is 12.8. The summed E-state index contributed by atoms with van der Waals surface area (Å²) in [7, 11) is 0. The van der Waals surface area contributed by atoms with Crippen molar-refractivity contribution in [2.75, 3.05) is 13.2 Å². The number of nitrogens with zero attached hydrogens (tertiary/aromatic N) is 2. The molecule has 2 aliphatic heterocycles. The van der Waals surface area contributed by atoms with Crippen LogP contribution in [0.3, 0.4) is 0 Å². The number of carbonyl (C=O) groups is 5. The summed E-state index contributed by atoms with van der Waals surface area (Å²) in [6, 6.07) is 11.0. The minimum absolute atomic E-state index is 0.0145. The van der Waals surface area contributed by atoms with E-state index in [9.17, 15) is 24.0 Å². The molecule has 0 spiro atoms. The lowest BCUT2D eigenvalue weighted by Crippen LogP contribution is -2.52. The number of benzene rings is 2. The third-order valence-electron chi connectivity index (χ3n) is 4.93. The lowest BCUT2D eigenvalue weighted by Gasteiger charge is -2.27. The van der Waals surface area contributed by atoms with Gasteiger partial charge in [0.1, 0.15) is 0 Å². The molecule has 1 atom stereocenters. The average Bonchev–Trinajstić information content (AvgIpc) is 3.12. The lowest BCUT2D eigenvalue weighted by atomic mass is 10.1. The second-order valence-corrected chi connectivity index (χ2v) is 6.56. The Kier molecular flexibility index (Phi) is 4.46. The van der Waals surface area contributed by atoms with Crippen LogP contribution in [0.15, 0.2) is 48.5 Å². The van der Waals surface area contributed by atoms with Crippen LogP contribution in [0.1, 0.15) is 48.4 Å². The molecule has 2 heterocycles. The molecule has 0 aliphatic carbocycles. The quantitative estimate of drug-likeness (QED) is 0.565. The minimum Gasteiger partial charge on any atom is -0.464 e. The van der Waals surface area contributed by atoms with Crippen molar-refractivity contribution in [3.63, 3.8) is 0 Å². The molecule has 0 saturated carbocycles. The van der Waals surface area contributed by atoms with Gasteiger partial charge in [-0.2, -0.15) is 0 Å². The molecule has 0 N–H and O–H groups in total. The van der Waals surface area contributed by atoms with Gasteiger partial charge in [0.2, 0.25) is 0 Å². The Bertz CT molecular complexity index is 1010. The average molecular weight is 392 g/mol. The van der Waals surface area contributed by atoms with E-state index >= 15 is 0 Å². The first kappa shape index (κ1) is 18.5. The van der Waals surface area contributed by atoms with Gasteiger partial charge < -0.3 is 4.74 Å².